The number of nitrogens with one attached hydrogen (secondary N) is 1. The van der Waals surface area contributed by atoms with Crippen LogP contribution in [0, 0.1) is 5.92 Å². The third-order valence-corrected chi connectivity index (χ3v) is 2.69. The third kappa shape index (κ3) is 5.38. The standard InChI is InChI=1S/C13H18ClNO3/c1-10(9-16)8-15-13(17)6-7-18-12-5-3-2-4-11(12)14/h2-5,10,16H,6-9H2,1H3,(H,15,17). The summed E-state index contributed by atoms with van der Waals surface area (Å²) < 4.78 is 5.40. The Morgan fingerprint density at radius 1 is 1.50 bits per heavy atom. The van der Waals surface area contributed by atoms with Crippen molar-refractivity contribution in [3.63, 3.8) is 0 Å². The second kappa shape index (κ2) is 7.95. The number of para-hydroxylation sites is 1. The van der Waals surface area contributed by atoms with Gasteiger partial charge in [-0.15, -0.1) is 0 Å². The van der Waals surface area contributed by atoms with Crippen molar-refractivity contribution in [2.45, 2.75) is 13.3 Å². The van der Waals surface area contributed by atoms with E-state index >= 15 is 0 Å². The Hall–Kier alpha value is -1.26. The van der Waals surface area contributed by atoms with Gasteiger partial charge in [0.05, 0.1) is 18.1 Å². The molecule has 0 aliphatic heterocycles. The predicted octanol–water partition coefficient (Wildman–Crippen LogP) is 1.85. The molecule has 1 aromatic carbocycles. The molecule has 1 rings (SSSR count). The zero-order valence-corrected chi connectivity index (χ0v) is 11.1. The fourth-order valence-corrected chi connectivity index (χ4v) is 1.45. The number of hydrogen-bond acceptors (Lipinski definition) is 3. The molecule has 0 bridgehead atoms. The topological polar surface area (TPSA) is 58.6 Å². The van der Waals surface area contributed by atoms with Crippen LogP contribution >= 0.6 is 11.6 Å². The first-order chi connectivity index (χ1) is 8.63. The highest BCUT2D eigenvalue weighted by molar-refractivity contribution is 6.32. The zero-order valence-electron chi connectivity index (χ0n) is 10.4. The zero-order chi connectivity index (χ0) is 13.4. The van der Waals surface area contributed by atoms with Crippen LogP contribution in [0.15, 0.2) is 24.3 Å². The van der Waals surface area contributed by atoms with Gasteiger partial charge >= 0.3 is 0 Å². The number of halogens is 1. The smallest absolute Gasteiger partial charge is 0.223 e. The molecular weight excluding hydrogens is 254 g/mol. The molecule has 1 atom stereocenters. The van der Waals surface area contributed by atoms with Crippen LogP contribution in [0.4, 0.5) is 0 Å². The summed E-state index contributed by atoms with van der Waals surface area (Å²) in [6, 6.07) is 7.14. The van der Waals surface area contributed by atoms with Crippen molar-refractivity contribution in [2.75, 3.05) is 19.8 Å². The average Bonchev–Trinajstić information content (AvgIpc) is 2.38. The van der Waals surface area contributed by atoms with E-state index in [-0.39, 0.29) is 31.5 Å². The van der Waals surface area contributed by atoms with Crippen LogP contribution < -0.4 is 10.1 Å². The van der Waals surface area contributed by atoms with Crippen molar-refractivity contribution in [3.05, 3.63) is 29.3 Å². The van der Waals surface area contributed by atoms with E-state index < -0.39 is 0 Å². The van der Waals surface area contributed by atoms with Gasteiger partial charge in [-0.05, 0) is 18.1 Å². The van der Waals surface area contributed by atoms with Crippen LogP contribution in [0.25, 0.3) is 0 Å². The Balaban J connectivity index is 2.22. The molecular formula is C13H18ClNO3. The van der Waals surface area contributed by atoms with Crippen molar-refractivity contribution >= 4 is 17.5 Å². The van der Waals surface area contributed by atoms with E-state index in [1.54, 1.807) is 12.1 Å². The second-order valence-electron chi connectivity index (χ2n) is 4.12. The Morgan fingerprint density at radius 3 is 2.89 bits per heavy atom. The summed E-state index contributed by atoms with van der Waals surface area (Å²) in [6.07, 6.45) is 0.267. The molecule has 0 heterocycles. The molecule has 100 valence electrons. The number of hydrogen-bond donors (Lipinski definition) is 2. The van der Waals surface area contributed by atoms with Gasteiger partial charge in [0.15, 0.2) is 0 Å². The van der Waals surface area contributed by atoms with Crippen molar-refractivity contribution in [3.8, 4) is 5.75 Å². The van der Waals surface area contributed by atoms with Gasteiger partial charge in [0, 0.05) is 13.2 Å². The number of carbonyl (C=O) groups excluding carboxylic acids is 1. The van der Waals surface area contributed by atoms with E-state index in [0.29, 0.717) is 17.3 Å². The van der Waals surface area contributed by atoms with Crippen LogP contribution in [0.2, 0.25) is 5.02 Å². The van der Waals surface area contributed by atoms with E-state index in [1.807, 2.05) is 19.1 Å². The lowest BCUT2D eigenvalue weighted by molar-refractivity contribution is -0.121. The van der Waals surface area contributed by atoms with Gasteiger partial charge in [0.2, 0.25) is 5.91 Å². The molecule has 0 spiro atoms. The normalized spacial score (nSPS) is 11.9. The van der Waals surface area contributed by atoms with Gasteiger partial charge in [-0.25, -0.2) is 0 Å². The molecule has 0 aliphatic carbocycles. The molecule has 0 radical (unpaired) electrons. The quantitative estimate of drug-likeness (QED) is 0.796. The maximum atomic E-state index is 11.4. The molecule has 18 heavy (non-hydrogen) atoms. The number of amides is 1. The predicted molar refractivity (Wildman–Crippen MR) is 70.8 cm³/mol. The summed E-state index contributed by atoms with van der Waals surface area (Å²) in [5.74, 6) is 0.552. The van der Waals surface area contributed by atoms with Gasteiger partial charge in [-0.3, -0.25) is 4.79 Å². The van der Waals surface area contributed by atoms with Crippen LogP contribution in [0.3, 0.4) is 0 Å². The largest absolute Gasteiger partial charge is 0.491 e. The van der Waals surface area contributed by atoms with Crippen molar-refractivity contribution < 1.29 is 14.6 Å². The SMILES string of the molecule is CC(CO)CNC(=O)CCOc1ccccc1Cl. The summed E-state index contributed by atoms with van der Waals surface area (Å²) in [4.78, 5) is 11.4. The third-order valence-electron chi connectivity index (χ3n) is 2.38. The minimum atomic E-state index is -0.0950. The van der Waals surface area contributed by atoms with Gasteiger partial charge in [0.1, 0.15) is 5.75 Å². The maximum Gasteiger partial charge on any atom is 0.223 e. The number of carbonyl (C=O) groups is 1. The number of aliphatic hydroxyl groups excluding tert-OH is 1. The van der Waals surface area contributed by atoms with Crippen molar-refractivity contribution in [1.82, 2.24) is 5.32 Å². The molecule has 0 aromatic heterocycles. The minimum absolute atomic E-state index is 0.0659. The van der Waals surface area contributed by atoms with E-state index in [9.17, 15) is 4.79 Å². The van der Waals surface area contributed by atoms with Crippen LogP contribution in [-0.2, 0) is 4.79 Å². The molecule has 0 saturated carbocycles. The van der Waals surface area contributed by atoms with Gasteiger partial charge in [-0.2, -0.15) is 0 Å². The average molecular weight is 272 g/mol. The summed E-state index contributed by atoms with van der Waals surface area (Å²) in [5, 5.41) is 12.1. The molecule has 1 unspecified atom stereocenters. The van der Waals surface area contributed by atoms with E-state index in [2.05, 4.69) is 5.32 Å². The molecule has 2 N–H and O–H groups in total. The lowest BCUT2D eigenvalue weighted by Crippen LogP contribution is -2.30. The van der Waals surface area contributed by atoms with E-state index in [1.165, 1.54) is 0 Å². The molecule has 5 heteroatoms. The lowest BCUT2D eigenvalue weighted by Gasteiger charge is -2.10. The summed E-state index contributed by atoms with van der Waals surface area (Å²) in [7, 11) is 0. The minimum Gasteiger partial charge on any atom is -0.491 e. The Kier molecular flexibility index (Phi) is 6.54. The van der Waals surface area contributed by atoms with Gasteiger partial charge in [0.25, 0.3) is 0 Å². The Labute approximate surface area is 112 Å². The first kappa shape index (κ1) is 14.8. The first-order valence-corrected chi connectivity index (χ1v) is 6.26. The fourth-order valence-electron chi connectivity index (χ4n) is 1.26. The lowest BCUT2D eigenvalue weighted by atomic mass is 10.2. The first-order valence-electron chi connectivity index (χ1n) is 5.88. The Morgan fingerprint density at radius 2 is 2.22 bits per heavy atom. The van der Waals surface area contributed by atoms with Gasteiger partial charge < -0.3 is 15.2 Å². The number of ether oxygens (including phenoxy) is 1. The summed E-state index contributed by atoms with van der Waals surface area (Å²) in [5.41, 5.74) is 0. The van der Waals surface area contributed by atoms with Gasteiger partial charge in [-0.1, -0.05) is 30.7 Å². The Bertz CT molecular complexity index is 384. The van der Waals surface area contributed by atoms with Crippen LogP contribution in [0.5, 0.6) is 5.75 Å². The molecule has 0 fully saturated rings. The number of benzene rings is 1. The molecule has 1 amide bonds. The highest BCUT2D eigenvalue weighted by Crippen LogP contribution is 2.22. The monoisotopic (exact) mass is 271 g/mol. The maximum absolute atomic E-state index is 11.4. The van der Waals surface area contributed by atoms with Crippen molar-refractivity contribution in [2.24, 2.45) is 5.92 Å². The number of rotatable bonds is 7. The molecule has 4 nitrogen and oxygen atoms in total. The van der Waals surface area contributed by atoms with E-state index in [0.717, 1.165) is 0 Å². The number of aliphatic hydroxyl groups is 1. The van der Waals surface area contributed by atoms with E-state index in [4.69, 9.17) is 21.4 Å². The highest BCUT2D eigenvalue weighted by atomic mass is 35.5. The highest BCUT2D eigenvalue weighted by Gasteiger charge is 2.05. The summed E-state index contributed by atoms with van der Waals surface area (Å²) in [6.45, 7) is 2.68. The molecule has 0 saturated heterocycles. The fraction of sp³-hybridized carbons (Fsp3) is 0.462. The van der Waals surface area contributed by atoms with Crippen molar-refractivity contribution in [1.29, 1.82) is 0 Å². The van der Waals surface area contributed by atoms with Crippen LogP contribution in [0.1, 0.15) is 13.3 Å². The second-order valence-corrected chi connectivity index (χ2v) is 4.53. The summed E-state index contributed by atoms with van der Waals surface area (Å²) >= 11 is 5.91. The van der Waals surface area contributed by atoms with Crippen LogP contribution in [-0.4, -0.2) is 30.8 Å². The molecule has 1 aromatic rings. The molecule has 0 aliphatic rings.